The summed E-state index contributed by atoms with van der Waals surface area (Å²) in [6.07, 6.45) is 1.90. The Hall–Kier alpha value is -8.03. The Labute approximate surface area is 378 Å². The number of nitrogens with zero attached hydrogens (tertiary/aromatic N) is 3. The molecule has 0 spiro atoms. The summed E-state index contributed by atoms with van der Waals surface area (Å²) in [6, 6.07) is 80.2. The van der Waals surface area contributed by atoms with Gasteiger partial charge in [0.1, 0.15) is 5.58 Å². The lowest BCUT2D eigenvalue weighted by Crippen LogP contribution is -2.74. The van der Waals surface area contributed by atoms with E-state index in [1.165, 1.54) is 51.7 Å². The average Bonchev–Trinajstić information content (AvgIpc) is 4.14. The van der Waals surface area contributed by atoms with Crippen molar-refractivity contribution in [3.8, 4) is 11.4 Å². The van der Waals surface area contributed by atoms with Crippen molar-refractivity contribution in [1.82, 2.24) is 14.1 Å². The Morgan fingerprint density at radius 1 is 0.354 bits per heavy atom. The zero-order valence-corrected chi connectivity index (χ0v) is 36.8. The Morgan fingerprint density at radius 2 is 0.831 bits per heavy atom. The number of thiophene rings is 1. The van der Waals surface area contributed by atoms with E-state index < -0.39 is 8.07 Å². The zero-order valence-electron chi connectivity index (χ0n) is 35.0. The van der Waals surface area contributed by atoms with Crippen LogP contribution in [0.5, 0.6) is 0 Å². The second kappa shape index (κ2) is 14.0. The van der Waals surface area contributed by atoms with E-state index >= 15 is 0 Å². The first-order chi connectivity index (χ1) is 32.3. The fourth-order valence-electron chi connectivity index (χ4n) is 11.1. The predicted octanol–water partition coefficient (Wildman–Crippen LogP) is 12.9. The topological polar surface area (TPSA) is 35.9 Å². The Morgan fingerprint density at radius 3 is 1.51 bits per heavy atom. The molecule has 4 nitrogen and oxygen atoms in total. The molecule has 304 valence electrons. The molecule has 0 aliphatic carbocycles. The number of benzene rings is 9. The number of aromatic nitrogens is 3. The van der Waals surface area contributed by atoms with Crippen molar-refractivity contribution >= 4 is 126 Å². The number of rotatable bonds is 6. The lowest BCUT2D eigenvalue weighted by Gasteiger charge is -2.34. The summed E-state index contributed by atoms with van der Waals surface area (Å²) in [5.41, 5.74) is 9.61. The number of furan rings is 1. The Balaban J connectivity index is 1.10. The van der Waals surface area contributed by atoms with Gasteiger partial charge in [-0.15, -0.1) is 11.3 Å². The molecule has 0 saturated heterocycles. The van der Waals surface area contributed by atoms with E-state index in [0.29, 0.717) is 0 Å². The highest BCUT2D eigenvalue weighted by molar-refractivity contribution is 7.31. The molecule has 14 rings (SSSR count). The van der Waals surface area contributed by atoms with Crippen molar-refractivity contribution < 1.29 is 4.42 Å². The van der Waals surface area contributed by atoms with Gasteiger partial charge in [-0.1, -0.05) is 176 Å². The molecule has 0 aliphatic rings. The lowest BCUT2D eigenvalue weighted by atomic mass is 10.1. The molecule has 0 atom stereocenters. The van der Waals surface area contributed by atoms with Crippen molar-refractivity contribution in [2.24, 2.45) is 0 Å². The second-order valence-electron chi connectivity index (χ2n) is 17.0. The van der Waals surface area contributed by atoms with Crippen molar-refractivity contribution in [1.29, 1.82) is 0 Å². The Kier molecular flexibility index (Phi) is 7.84. The molecule has 0 unspecified atom stereocenters. The molecular formula is C59H37N3OSSi. The lowest BCUT2D eigenvalue weighted by molar-refractivity contribution is 0.668. The van der Waals surface area contributed by atoms with Gasteiger partial charge in [0.2, 0.25) is 0 Å². The van der Waals surface area contributed by atoms with Crippen LogP contribution in [0.1, 0.15) is 0 Å². The van der Waals surface area contributed by atoms with Crippen LogP contribution < -0.4 is 20.7 Å². The second-order valence-corrected chi connectivity index (χ2v) is 21.7. The average molecular weight is 864 g/mol. The van der Waals surface area contributed by atoms with Gasteiger partial charge in [0, 0.05) is 48.6 Å². The van der Waals surface area contributed by atoms with Crippen LogP contribution in [0.2, 0.25) is 0 Å². The molecule has 5 heterocycles. The van der Waals surface area contributed by atoms with Crippen molar-refractivity contribution in [3.05, 3.63) is 225 Å². The first kappa shape index (κ1) is 36.5. The van der Waals surface area contributed by atoms with Crippen molar-refractivity contribution in [2.75, 3.05) is 0 Å². The van der Waals surface area contributed by atoms with Crippen LogP contribution in [0.3, 0.4) is 0 Å². The van der Waals surface area contributed by atoms with Gasteiger partial charge in [-0.2, -0.15) is 0 Å². The van der Waals surface area contributed by atoms with E-state index in [4.69, 9.17) is 9.40 Å². The molecular weight excluding hydrogens is 827 g/mol. The van der Waals surface area contributed by atoms with Crippen LogP contribution in [-0.4, -0.2) is 22.2 Å². The molecule has 9 aromatic carbocycles. The number of hydrogen-bond donors (Lipinski definition) is 0. The minimum Gasteiger partial charge on any atom is -0.454 e. The third-order valence-electron chi connectivity index (χ3n) is 13.7. The van der Waals surface area contributed by atoms with Gasteiger partial charge in [0.05, 0.1) is 43.7 Å². The molecule has 0 radical (unpaired) electrons. The summed E-state index contributed by atoms with van der Waals surface area (Å²) in [5, 5.41) is 13.5. The molecule has 0 saturated carbocycles. The highest BCUT2D eigenvalue weighted by Gasteiger charge is 2.45. The van der Waals surface area contributed by atoms with Gasteiger partial charge in [0.15, 0.2) is 13.7 Å². The molecule has 6 heteroatoms. The predicted molar refractivity (Wildman–Crippen MR) is 277 cm³/mol. The van der Waals surface area contributed by atoms with Crippen LogP contribution in [0.15, 0.2) is 229 Å². The number of pyridine rings is 1. The summed E-state index contributed by atoms with van der Waals surface area (Å²) in [6.45, 7) is 0. The van der Waals surface area contributed by atoms with Crippen LogP contribution in [0.4, 0.5) is 0 Å². The maximum absolute atomic E-state index is 7.54. The van der Waals surface area contributed by atoms with E-state index in [-0.39, 0.29) is 0 Å². The van der Waals surface area contributed by atoms with Gasteiger partial charge in [-0.05, 0) is 63.2 Å². The summed E-state index contributed by atoms with van der Waals surface area (Å²) >= 11 is 1.91. The number of hydrogen-bond acceptors (Lipinski definition) is 3. The zero-order chi connectivity index (χ0) is 42.6. The molecule has 65 heavy (non-hydrogen) atoms. The van der Waals surface area contributed by atoms with Gasteiger partial charge in [0.25, 0.3) is 0 Å². The molecule has 0 aliphatic heterocycles. The van der Waals surface area contributed by atoms with E-state index in [9.17, 15) is 0 Å². The SMILES string of the molecule is c1ccc([Si](c2ccccc2)(c2cccc3c2oc2c(-n4c5ccccc5c5ccccc54)cccc23)c2cccc3c2sc2c(-n4c5ccccc5c5ncccc54)cccc23)cc1. The van der Waals surface area contributed by atoms with Crippen molar-refractivity contribution in [3.63, 3.8) is 0 Å². The van der Waals surface area contributed by atoms with Gasteiger partial charge in [-0.3, -0.25) is 4.98 Å². The largest absolute Gasteiger partial charge is 0.454 e. The monoisotopic (exact) mass is 863 g/mol. The van der Waals surface area contributed by atoms with Gasteiger partial charge >= 0.3 is 0 Å². The number of para-hydroxylation sites is 5. The highest BCUT2D eigenvalue weighted by atomic mass is 32.1. The van der Waals surface area contributed by atoms with Crippen molar-refractivity contribution in [2.45, 2.75) is 0 Å². The van der Waals surface area contributed by atoms with E-state index in [1.54, 1.807) is 0 Å². The highest BCUT2D eigenvalue weighted by Crippen LogP contribution is 2.42. The molecule has 0 N–H and O–H groups in total. The first-order valence-corrected chi connectivity index (χ1v) is 24.9. The minimum atomic E-state index is -3.20. The van der Waals surface area contributed by atoms with Gasteiger partial charge in [-0.25, -0.2) is 0 Å². The summed E-state index contributed by atoms with van der Waals surface area (Å²) in [4.78, 5) is 4.89. The quantitative estimate of drug-likeness (QED) is 0.123. The summed E-state index contributed by atoms with van der Waals surface area (Å²) < 4.78 is 14.9. The maximum Gasteiger partial charge on any atom is 0.185 e. The van der Waals surface area contributed by atoms with E-state index in [2.05, 4.69) is 221 Å². The fourth-order valence-corrected chi connectivity index (χ4v) is 17.9. The maximum atomic E-state index is 7.54. The fraction of sp³-hybridized carbons (Fsp3) is 0. The summed E-state index contributed by atoms with van der Waals surface area (Å²) in [5.74, 6) is 0. The van der Waals surface area contributed by atoms with Crippen LogP contribution in [0, 0.1) is 0 Å². The summed E-state index contributed by atoms with van der Waals surface area (Å²) in [7, 11) is -3.20. The third kappa shape index (κ3) is 5.03. The smallest absolute Gasteiger partial charge is 0.185 e. The number of fused-ring (bicyclic) bond motifs is 12. The normalized spacial score (nSPS) is 12.3. The van der Waals surface area contributed by atoms with Crippen LogP contribution in [0.25, 0.3) is 97.2 Å². The van der Waals surface area contributed by atoms with E-state index in [0.717, 1.165) is 66.3 Å². The van der Waals surface area contributed by atoms with Crippen LogP contribution in [-0.2, 0) is 0 Å². The molecule has 5 aromatic heterocycles. The molecule has 0 amide bonds. The molecule has 0 fully saturated rings. The van der Waals surface area contributed by atoms with Gasteiger partial charge < -0.3 is 13.6 Å². The van der Waals surface area contributed by atoms with E-state index in [1.807, 2.05) is 23.6 Å². The Bertz CT molecular complexity index is 3820. The van der Waals surface area contributed by atoms with Crippen LogP contribution >= 0.6 is 11.3 Å². The minimum absolute atomic E-state index is 0.885. The standard InChI is InChI=1S/C59H37N3OSSi/c1-3-18-38(19-4-1)65(39-20-5-2-6-21-39,53-35-15-26-43-42-25-13-32-51(56(42)63-57(43)53)61-47-29-10-7-22-40(47)41-23-8-11-30-48(41)61)54-36-16-28-45-44-27-14-33-52(58(44)64-59(45)54)62-49-31-12-9-24-46(49)55-50(62)34-17-37-60-55/h1-37H. The molecule has 14 aromatic rings. The third-order valence-corrected chi connectivity index (χ3v) is 20.0. The molecule has 0 bridgehead atoms. The first-order valence-electron chi connectivity index (χ1n) is 22.1.